The van der Waals surface area contributed by atoms with Crippen LogP contribution in [0.2, 0.25) is 0 Å². The maximum atomic E-state index is 5.38. The van der Waals surface area contributed by atoms with Crippen LogP contribution in [0.15, 0.2) is 59.8 Å². The lowest BCUT2D eigenvalue weighted by molar-refractivity contribution is 0.331. The molecule has 2 aromatic rings. The summed E-state index contributed by atoms with van der Waals surface area (Å²) < 4.78 is 0. The van der Waals surface area contributed by atoms with E-state index in [1.54, 1.807) is 0 Å². The SMILES string of the molecule is c1ccc(C2=NOc3ccccc3C2)cc1. The van der Waals surface area contributed by atoms with E-state index in [1.165, 1.54) is 5.56 Å². The van der Waals surface area contributed by atoms with E-state index in [2.05, 4.69) is 23.4 Å². The third kappa shape index (κ3) is 1.58. The van der Waals surface area contributed by atoms with E-state index < -0.39 is 0 Å². The maximum Gasteiger partial charge on any atom is 0.161 e. The van der Waals surface area contributed by atoms with Gasteiger partial charge in [-0.1, -0.05) is 53.7 Å². The van der Waals surface area contributed by atoms with Crippen LogP contribution in [-0.4, -0.2) is 5.71 Å². The maximum absolute atomic E-state index is 5.38. The van der Waals surface area contributed by atoms with Crippen molar-refractivity contribution in [2.24, 2.45) is 5.16 Å². The van der Waals surface area contributed by atoms with Gasteiger partial charge < -0.3 is 4.84 Å². The number of fused-ring (bicyclic) bond motifs is 1. The Morgan fingerprint density at radius 3 is 2.50 bits per heavy atom. The van der Waals surface area contributed by atoms with Crippen LogP contribution in [0, 0.1) is 0 Å². The average molecular weight is 209 g/mol. The van der Waals surface area contributed by atoms with E-state index in [-0.39, 0.29) is 0 Å². The molecule has 78 valence electrons. The second-order valence-corrected chi connectivity index (χ2v) is 3.78. The van der Waals surface area contributed by atoms with Gasteiger partial charge in [0, 0.05) is 12.0 Å². The summed E-state index contributed by atoms with van der Waals surface area (Å²) in [5.74, 6) is 0.863. The van der Waals surface area contributed by atoms with Crippen LogP contribution in [0.3, 0.4) is 0 Å². The molecule has 0 saturated carbocycles. The largest absolute Gasteiger partial charge is 0.356 e. The number of para-hydroxylation sites is 1. The standard InChI is InChI=1S/C14H11NO/c1-2-6-11(7-3-1)13-10-12-8-4-5-9-14(12)16-15-13/h1-9H,10H2. The Balaban J connectivity index is 1.95. The number of rotatable bonds is 1. The second kappa shape index (κ2) is 3.81. The Bertz CT molecular complexity index is 531. The van der Waals surface area contributed by atoms with Gasteiger partial charge in [-0.05, 0) is 11.6 Å². The topological polar surface area (TPSA) is 21.6 Å². The van der Waals surface area contributed by atoms with Gasteiger partial charge in [0.1, 0.15) is 0 Å². The summed E-state index contributed by atoms with van der Waals surface area (Å²) >= 11 is 0. The Morgan fingerprint density at radius 2 is 1.62 bits per heavy atom. The molecule has 1 aliphatic heterocycles. The Labute approximate surface area is 94.2 Å². The van der Waals surface area contributed by atoms with Crippen LogP contribution in [0.5, 0.6) is 5.75 Å². The van der Waals surface area contributed by atoms with Crippen molar-refractivity contribution in [3.05, 3.63) is 65.7 Å². The van der Waals surface area contributed by atoms with Crippen LogP contribution in [-0.2, 0) is 6.42 Å². The van der Waals surface area contributed by atoms with E-state index in [4.69, 9.17) is 4.84 Å². The van der Waals surface area contributed by atoms with Gasteiger partial charge in [-0.3, -0.25) is 0 Å². The third-order valence-electron chi connectivity index (χ3n) is 2.69. The van der Waals surface area contributed by atoms with Crippen molar-refractivity contribution in [1.82, 2.24) is 0 Å². The van der Waals surface area contributed by atoms with Crippen molar-refractivity contribution >= 4 is 5.71 Å². The normalized spacial score (nSPS) is 13.6. The van der Waals surface area contributed by atoms with E-state index in [9.17, 15) is 0 Å². The van der Waals surface area contributed by atoms with Gasteiger partial charge in [-0.2, -0.15) is 0 Å². The van der Waals surface area contributed by atoms with Crippen molar-refractivity contribution in [2.75, 3.05) is 0 Å². The molecule has 2 aromatic carbocycles. The first-order valence-electron chi connectivity index (χ1n) is 5.31. The molecule has 3 rings (SSSR count). The lowest BCUT2D eigenvalue weighted by Gasteiger charge is -2.15. The highest BCUT2D eigenvalue weighted by Gasteiger charge is 2.14. The molecule has 0 fully saturated rings. The molecule has 0 aromatic heterocycles. The molecule has 0 bridgehead atoms. The summed E-state index contributed by atoms with van der Waals surface area (Å²) in [7, 11) is 0. The number of nitrogens with zero attached hydrogens (tertiary/aromatic N) is 1. The van der Waals surface area contributed by atoms with Gasteiger partial charge in [0.15, 0.2) is 5.75 Å². The minimum Gasteiger partial charge on any atom is -0.356 e. The summed E-state index contributed by atoms with van der Waals surface area (Å²) in [6.07, 6.45) is 0.834. The molecule has 2 nitrogen and oxygen atoms in total. The van der Waals surface area contributed by atoms with Crippen molar-refractivity contribution in [3.8, 4) is 5.75 Å². The van der Waals surface area contributed by atoms with Crippen LogP contribution in [0.4, 0.5) is 0 Å². The summed E-state index contributed by atoms with van der Waals surface area (Å²) in [6.45, 7) is 0. The van der Waals surface area contributed by atoms with Crippen molar-refractivity contribution in [3.63, 3.8) is 0 Å². The zero-order valence-electron chi connectivity index (χ0n) is 8.76. The van der Waals surface area contributed by atoms with Gasteiger partial charge in [-0.15, -0.1) is 0 Å². The summed E-state index contributed by atoms with van der Waals surface area (Å²) in [5, 5.41) is 4.16. The fourth-order valence-electron chi connectivity index (χ4n) is 1.84. The second-order valence-electron chi connectivity index (χ2n) is 3.78. The van der Waals surface area contributed by atoms with Crippen LogP contribution < -0.4 is 4.84 Å². The monoisotopic (exact) mass is 209 g/mol. The van der Waals surface area contributed by atoms with Gasteiger partial charge in [-0.25, -0.2) is 0 Å². The quantitative estimate of drug-likeness (QED) is 0.707. The number of oxime groups is 1. The Morgan fingerprint density at radius 1 is 0.875 bits per heavy atom. The summed E-state index contributed by atoms with van der Waals surface area (Å²) in [4.78, 5) is 5.38. The molecule has 0 N–H and O–H groups in total. The number of benzene rings is 2. The molecule has 16 heavy (non-hydrogen) atoms. The lowest BCUT2D eigenvalue weighted by atomic mass is 10.0. The number of hydrogen-bond acceptors (Lipinski definition) is 2. The molecule has 1 heterocycles. The first kappa shape index (κ1) is 9.16. The zero-order chi connectivity index (χ0) is 10.8. The van der Waals surface area contributed by atoms with Crippen molar-refractivity contribution < 1.29 is 4.84 Å². The average Bonchev–Trinajstić information content (AvgIpc) is 2.39. The van der Waals surface area contributed by atoms with Crippen molar-refractivity contribution in [1.29, 1.82) is 0 Å². The fraction of sp³-hybridized carbons (Fsp3) is 0.0714. The Kier molecular flexibility index (Phi) is 2.18. The molecule has 1 aliphatic rings. The minimum absolute atomic E-state index is 0.834. The molecular formula is C14H11NO. The van der Waals surface area contributed by atoms with Gasteiger partial charge in [0.25, 0.3) is 0 Å². The van der Waals surface area contributed by atoms with Crippen LogP contribution >= 0.6 is 0 Å². The van der Waals surface area contributed by atoms with E-state index >= 15 is 0 Å². The molecule has 0 amide bonds. The molecular weight excluding hydrogens is 198 g/mol. The van der Waals surface area contributed by atoms with E-state index in [0.717, 1.165) is 23.4 Å². The molecule has 2 heteroatoms. The molecule has 0 unspecified atom stereocenters. The molecule has 0 spiro atoms. The van der Waals surface area contributed by atoms with Gasteiger partial charge in [0.05, 0.1) is 5.71 Å². The summed E-state index contributed by atoms with van der Waals surface area (Å²) in [5.41, 5.74) is 3.30. The summed E-state index contributed by atoms with van der Waals surface area (Å²) in [6, 6.07) is 18.1. The van der Waals surface area contributed by atoms with Gasteiger partial charge >= 0.3 is 0 Å². The first-order valence-corrected chi connectivity index (χ1v) is 5.31. The minimum atomic E-state index is 0.834. The lowest BCUT2D eigenvalue weighted by Crippen LogP contribution is -2.12. The third-order valence-corrected chi connectivity index (χ3v) is 2.69. The molecule has 0 atom stereocenters. The predicted octanol–water partition coefficient (Wildman–Crippen LogP) is 3.03. The van der Waals surface area contributed by atoms with E-state index in [1.807, 2.05) is 36.4 Å². The van der Waals surface area contributed by atoms with E-state index in [0.29, 0.717) is 0 Å². The van der Waals surface area contributed by atoms with Crippen LogP contribution in [0.1, 0.15) is 11.1 Å². The molecule has 0 aliphatic carbocycles. The zero-order valence-corrected chi connectivity index (χ0v) is 8.76. The highest BCUT2D eigenvalue weighted by molar-refractivity contribution is 6.02. The molecule has 0 radical (unpaired) electrons. The number of hydrogen-bond donors (Lipinski definition) is 0. The highest BCUT2D eigenvalue weighted by atomic mass is 16.6. The highest BCUT2D eigenvalue weighted by Crippen LogP contribution is 2.24. The smallest absolute Gasteiger partial charge is 0.161 e. The Hall–Kier alpha value is -2.09. The molecule has 0 saturated heterocycles. The fourth-order valence-corrected chi connectivity index (χ4v) is 1.84. The van der Waals surface area contributed by atoms with Crippen molar-refractivity contribution in [2.45, 2.75) is 6.42 Å². The van der Waals surface area contributed by atoms with Crippen LogP contribution in [0.25, 0.3) is 0 Å². The van der Waals surface area contributed by atoms with Gasteiger partial charge in [0.2, 0.25) is 0 Å². The first-order chi connectivity index (χ1) is 7.93. The predicted molar refractivity (Wildman–Crippen MR) is 63.8 cm³/mol.